The number of hydrogen-bond donors (Lipinski definition) is 1. The number of nitrogens with one attached hydrogen (secondary N) is 1. The van der Waals surface area contributed by atoms with Crippen molar-refractivity contribution in [2.24, 2.45) is 0 Å². The second-order valence-electron chi connectivity index (χ2n) is 5.82. The van der Waals surface area contributed by atoms with Crippen LogP contribution >= 0.6 is 0 Å². The fraction of sp³-hybridized carbons (Fsp3) is 0.176. The Labute approximate surface area is 152 Å². The normalized spacial score (nSPS) is 19.4. The summed E-state index contributed by atoms with van der Waals surface area (Å²) in [5.74, 6) is -1.98. The van der Waals surface area contributed by atoms with E-state index in [4.69, 9.17) is 0 Å². The summed E-state index contributed by atoms with van der Waals surface area (Å²) in [6.45, 7) is 0. The molecule has 0 aliphatic carbocycles. The van der Waals surface area contributed by atoms with Crippen molar-refractivity contribution in [3.63, 3.8) is 0 Å². The fourth-order valence-corrected chi connectivity index (χ4v) is 4.30. The topological polar surface area (TPSA) is 83.6 Å². The van der Waals surface area contributed by atoms with Crippen LogP contribution in [0.15, 0.2) is 53.4 Å². The van der Waals surface area contributed by atoms with Crippen LogP contribution in [0.3, 0.4) is 0 Å². The van der Waals surface area contributed by atoms with Gasteiger partial charge in [0.15, 0.2) is 11.8 Å². The van der Waals surface area contributed by atoms with Crippen LogP contribution in [0, 0.1) is 0 Å². The molecule has 1 aliphatic heterocycles. The minimum absolute atomic E-state index is 0.181. The lowest BCUT2D eigenvalue weighted by Crippen LogP contribution is -2.53. The first kappa shape index (κ1) is 19.1. The first-order valence-electron chi connectivity index (χ1n) is 7.63. The van der Waals surface area contributed by atoms with Crippen LogP contribution in [0.4, 0.5) is 18.9 Å². The third kappa shape index (κ3) is 3.21. The first-order chi connectivity index (χ1) is 12.5. The van der Waals surface area contributed by atoms with Crippen LogP contribution in [0.2, 0.25) is 0 Å². The highest BCUT2D eigenvalue weighted by Gasteiger charge is 2.45. The molecule has 1 atom stereocenters. The number of hydrogen-bond acceptors (Lipinski definition) is 4. The molecule has 6 nitrogen and oxygen atoms in total. The molecule has 0 saturated carbocycles. The number of amides is 1. The zero-order valence-electron chi connectivity index (χ0n) is 13.8. The van der Waals surface area contributed by atoms with Gasteiger partial charge in [0.1, 0.15) is 0 Å². The van der Waals surface area contributed by atoms with Gasteiger partial charge in [0.2, 0.25) is 10.0 Å². The van der Waals surface area contributed by atoms with Crippen LogP contribution in [-0.4, -0.2) is 37.5 Å². The number of carbonyl (C=O) groups is 2. The molecule has 1 heterocycles. The highest BCUT2D eigenvalue weighted by molar-refractivity contribution is 7.89. The summed E-state index contributed by atoms with van der Waals surface area (Å²) in [4.78, 5) is 24.9. The molecule has 0 radical (unpaired) electrons. The molecule has 0 fully saturated rings. The summed E-state index contributed by atoms with van der Waals surface area (Å²) in [6.07, 6.45) is -4.73. The maximum Gasteiger partial charge on any atom is 0.418 e. The van der Waals surface area contributed by atoms with Gasteiger partial charge in [-0.3, -0.25) is 9.59 Å². The van der Waals surface area contributed by atoms with Gasteiger partial charge < -0.3 is 5.32 Å². The molecular weight excluding hydrogens is 385 g/mol. The van der Waals surface area contributed by atoms with Gasteiger partial charge in [-0.05, 0) is 24.3 Å². The Balaban J connectivity index is 2.01. The summed E-state index contributed by atoms with van der Waals surface area (Å²) in [6, 6.07) is 7.76. The third-order valence-corrected chi connectivity index (χ3v) is 6.04. The van der Waals surface area contributed by atoms with E-state index in [1.807, 2.05) is 5.32 Å². The molecule has 2 aromatic carbocycles. The van der Waals surface area contributed by atoms with Crippen molar-refractivity contribution in [3.8, 4) is 0 Å². The molecule has 0 saturated heterocycles. The van der Waals surface area contributed by atoms with E-state index in [0.29, 0.717) is 4.31 Å². The van der Waals surface area contributed by atoms with Crippen LogP contribution in [-0.2, 0) is 21.0 Å². The first-order valence-corrected chi connectivity index (χ1v) is 9.07. The molecule has 1 N–H and O–H groups in total. The number of alkyl halides is 3. The van der Waals surface area contributed by atoms with Gasteiger partial charge in [0, 0.05) is 12.6 Å². The summed E-state index contributed by atoms with van der Waals surface area (Å²) in [5, 5.41) is 2.03. The minimum Gasteiger partial charge on any atom is -0.324 e. The third-order valence-electron chi connectivity index (χ3n) is 4.16. The van der Waals surface area contributed by atoms with Crippen LogP contribution < -0.4 is 5.32 Å². The van der Waals surface area contributed by atoms with Gasteiger partial charge in [0.05, 0.1) is 16.1 Å². The predicted molar refractivity (Wildman–Crippen MR) is 89.6 cm³/mol. The Morgan fingerprint density at radius 2 is 1.67 bits per heavy atom. The molecule has 0 spiro atoms. The highest BCUT2D eigenvalue weighted by atomic mass is 32.2. The molecule has 10 heteroatoms. The SMILES string of the molecule is CN1C(C(=O)Nc2ccccc2C(F)(F)F)C(=O)c2ccccc2S1(=O)=O. The number of carbonyl (C=O) groups excluding carboxylic acids is 2. The van der Waals surface area contributed by atoms with Crippen molar-refractivity contribution in [1.82, 2.24) is 4.31 Å². The Kier molecular flexibility index (Phi) is 4.56. The smallest absolute Gasteiger partial charge is 0.324 e. The maximum atomic E-state index is 13.1. The van der Waals surface area contributed by atoms with E-state index in [1.54, 1.807) is 0 Å². The molecule has 0 bridgehead atoms. The summed E-state index contributed by atoms with van der Waals surface area (Å²) < 4.78 is 64.9. The highest BCUT2D eigenvalue weighted by Crippen LogP contribution is 2.35. The number of likely N-dealkylation sites (N-methyl/N-ethyl adjacent to an activating group) is 1. The van der Waals surface area contributed by atoms with E-state index < -0.39 is 45.2 Å². The van der Waals surface area contributed by atoms with Crippen molar-refractivity contribution < 1.29 is 31.2 Å². The number of ketones is 1. The summed E-state index contributed by atoms with van der Waals surface area (Å²) in [5.41, 5.74) is -1.85. The number of rotatable bonds is 2. The molecule has 0 aromatic heterocycles. The second-order valence-corrected chi connectivity index (χ2v) is 7.78. The number of fused-ring (bicyclic) bond motifs is 1. The van der Waals surface area contributed by atoms with E-state index >= 15 is 0 Å². The summed E-state index contributed by atoms with van der Waals surface area (Å²) >= 11 is 0. The van der Waals surface area contributed by atoms with Crippen molar-refractivity contribution in [2.75, 3.05) is 12.4 Å². The number of para-hydroxylation sites is 1. The molecule has 1 amide bonds. The Morgan fingerprint density at radius 3 is 2.33 bits per heavy atom. The van der Waals surface area contributed by atoms with E-state index in [9.17, 15) is 31.2 Å². The lowest BCUT2D eigenvalue weighted by Gasteiger charge is -2.31. The van der Waals surface area contributed by atoms with Crippen molar-refractivity contribution in [3.05, 3.63) is 59.7 Å². The molecule has 142 valence electrons. The molecule has 27 heavy (non-hydrogen) atoms. The standard InChI is InChI=1S/C17H13F3N2O4S/c1-22-14(15(23)10-6-2-5-9-13(10)27(22,25)26)16(24)21-12-8-4-3-7-11(12)17(18,19)20/h2-9,14H,1H3,(H,21,24). The van der Waals surface area contributed by atoms with Crippen LogP contribution in [0.1, 0.15) is 15.9 Å². The van der Waals surface area contributed by atoms with Gasteiger partial charge in [-0.15, -0.1) is 0 Å². The Morgan fingerprint density at radius 1 is 1.07 bits per heavy atom. The number of halogens is 3. The van der Waals surface area contributed by atoms with Crippen LogP contribution in [0.5, 0.6) is 0 Å². The zero-order chi connectivity index (χ0) is 20.0. The predicted octanol–water partition coefficient (Wildman–Crippen LogP) is 2.53. The quantitative estimate of drug-likeness (QED) is 0.788. The largest absolute Gasteiger partial charge is 0.418 e. The lowest BCUT2D eigenvalue weighted by atomic mass is 10.0. The minimum atomic E-state index is -4.73. The van der Waals surface area contributed by atoms with Gasteiger partial charge in [-0.25, -0.2) is 8.42 Å². The van der Waals surface area contributed by atoms with Crippen molar-refractivity contribution in [2.45, 2.75) is 17.1 Å². The van der Waals surface area contributed by atoms with E-state index in [1.165, 1.54) is 30.3 Å². The van der Waals surface area contributed by atoms with Gasteiger partial charge in [0.25, 0.3) is 5.91 Å². The molecular formula is C17H13F3N2O4S. The lowest BCUT2D eigenvalue weighted by molar-refractivity contribution is -0.137. The number of nitrogens with zero attached hydrogens (tertiary/aromatic N) is 1. The molecule has 1 aliphatic rings. The Bertz CT molecular complexity index is 1030. The molecule has 3 rings (SSSR count). The van der Waals surface area contributed by atoms with Crippen LogP contribution in [0.25, 0.3) is 0 Å². The number of Topliss-reactive ketones (excluding diaryl/α,β-unsaturated/α-hetero) is 1. The van der Waals surface area contributed by atoms with Gasteiger partial charge >= 0.3 is 6.18 Å². The number of sulfonamides is 1. The van der Waals surface area contributed by atoms with Gasteiger partial charge in [-0.1, -0.05) is 24.3 Å². The summed E-state index contributed by atoms with van der Waals surface area (Å²) in [7, 11) is -3.12. The average molecular weight is 398 g/mol. The monoisotopic (exact) mass is 398 g/mol. The second kappa shape index (κ2) is 6.46. The average Bonchev–Trinajstić information content (AvgIpc) is 2.60. The molecule has 2 aromatic rings. The van der Waals surface area contributed by atoms with E-state index in [0.717, 1.165) is 25.2 Å². The van der Waals surface area contributed by atoms with Crippen molar-refractivity contribution in [1.29, 1.82) is 0 Å². The van der Waals surface area contributed by atoms with E-state index in [-0.39, 0.29) is 10.5 Å². The van der Waals surface area contributed by atoms with Crippen molar-refractivity contribution >= 4 is 27.4 Å². The number of anilines is 1. The molecule has 1 unspecified atom stereocenters. The van der Waals surface area contributed by atoms with E-state index in [2.05, 4.69) is 0 Å². The zero-order valence-corrected chi connectivity index (χ0v) is 14.6. The van der Waals surface area contributed by atoms with Gasteiger partial charge in [-0.2, -0.15) is 17.5 Å². The fourth-order valence-electron chi connectivity index (χ4n) is 2.83. The number of benzene rings is 2. The Hall–Kier alpha value is -2.72. The maximum absolute atomic E-state index is 13.1.